The molecule has 18 heavy (non-hydrogen) atoms. The van der Waals surface area contributed by atoms with Gasteiger partial charge in [0, 0.05) is 12.7 Å². The molecule has 0 fully saturated rings. The average molecular weight is 348 g/mol. The molecule has 0 radical (unpaired) electrons. The monoisotopic (exact) mass is 346 g/mol. The number of hydrogen-bond donors (Lipinski definition) is 0. The van der Waals surface area contributed by atoms with Gasteiger partial charge in [0.2, 0.25) is 0 Å². The molecular weight excluding hydrogens is 339 g/mol. The topological polar surface area (TPSA) is 35.0 Å². The molecule has 3 nitrogen and oxygen atoms in total. The summed E-state index contributed by atoms with van der Waals surface area (Å²) in [6, 6.07) is 7.35. The number of benzene rings is 1. The molecule has 0 bridgehead atoms. The maximum Gasteiger partial charge on any atom is 0.162 e. The van der Waals surface area contributed by atoms with Crippen molar-refractivity contribution in [1.82, 2.24) is 9.97 Å². The molecule has 0 aliphatic rings. The van der Waals surface area contributed by atoms with Crippen molar-refractivity contribution in [3.05, 3.63) is 44.6 Å². The second-order valence-electron chi connectivity index (χ2n) is 3.51. The molecule has 1 heterocycles. The second kappa shape index (κ2) is 5.97. The highest BCUT2D eigenvalue weighted by Crippen LogP contribution is 2.30. The fraction of sp³-hybridized carbons (Fsp3) is 0.167. The molecule has 94 valence electrons. The van der Waals surface area contributed by atoms with Crippen LogP contribution in [0.15, 0.2) is 28.7 Å². The Morgan fingerprint density at radius 2 is 1.94 bits per heavy atom. The van der Waals surface area contributed by atoms with E-state index in [1.165, 1.54) is 0 Å². The van der Waals surface area contributed by atoms with Gasteiger partial charge < -0.3 is 4.74 Å². The first kappa shape index (κ1) is 13.7. The van der Waals surface area contributed by atoms with E-state index in [2.05, 4.69) is 25.9 Å². The highest BCUT2D eigenvalue weighted by atomic mass is 79.9. The van der Waals surface area contributed by atoms with Gasteiger partial charge in [0.25, 0.3) is 0 Å². The molecule has 2 aromatic rings. The maximum absolute atomic E-state index is 6.11. The SMILES string of the molecule is COCc1nc(-c2ccccc2Cl)nc(Cl)c1Br. The zero-order valence-electron chi connectivity index (χ0n) is 9.45. The zero-order valence-corrected chi connectivity index (χ0v) is 12.6. The van der Waals surface area contributed by atoms with Crippen LogP contribution in [0.25, 0.3) is 11.4 Å². The third-order valence-corrected chi connectivity index (χ3v) is 3.94. The van der Waals surface area contributed by atoms with Gasteiger partial charge in [-0.3, -0.25) is 0 Å². The Balaban J connectivity index is 2.56. The van der Waals surface area contributed by atoms with E-state index < -0.39 is 0 Å². The van der Waals surface area contributed by atoms with Crippen LogP contribution in [0.1, 0.15) is 5.69 Å². The first-order chi connectivity index (χ1) is 8.63. The summed E-state index contributed by atoms with van der Waals surface area (Å²) in [6.45, 7) is 0.347. The fourth-order valence-corrected chi connectivity index (χ4v) is 2.16. The molecule has 0 aliphatic heterocycles. The molecule has 2 rings (SSSR count). The fourth-order valence-electron chi connectivity index (χ4n) is 1.46. The summed E-state index contributed by atoms with van der Waals surface area (Å²) >= 11 is 15.5. The van der Waals surface area contributed by atoms with E-state index in [0.717, 1.165) is 5.56 Å². The average Bonchev–Trinajstić information content (AvgIpc) is 2.35. The van der Waals surface area contributed by atoms with Crippen molar-refractivity contribution in [1.29, 1.82) is 0 Å². The quantitative estimate of drug-likeness (QED) is 0.774. The van der Waals surface area contributed by atoms with Crippen LogP contribution in [-0.2, 0) is 11.3 Å². The largest absolute Gasteiger partial charge is 0.378 e. The lowest BCUT2D eigenvalue weighted by Gasteiger charge is -2.08. The third kappa shape index (κ3) is 2.83. The van der Waals surface area contributed by atoms with E-state index in [9.17, 15) is 0 Å². The Kier molecular flexibility index (Phi) is 4.56. The van der Waals surface area contributed by atoms with E-state index in [1.807, 2.05) is 18.2 Å². The van der Waals surface area contributed by atoms with E-state index >= 15 is 0 Å². The Hall–Kier alpha value is -0.680. The molecular formula is C12H9BrCl2N2O. The van der Waals surface area contributed by atoms with E-state index in [4.69, 9.17) is 27.9 Å². The number of methoxy groups -OCH3 is 1. The minimum absolute atomic E-state index is 0.340. The Bertz CT molecular complexity index is 578. The van der Waals surface area contributed by atoms with Gasteiger partial charge in [-0.1, -0.05) is 35.3 Å². The van der Waals surface area contributed by atoms with Crippen LogP contribution >= 0.6 is 39.1 Å². The van der Waals surface area contributed by atoms with Gasteiger partial charge in [0.1, 0.15) is 5.15 Å². The number of halogens is 3. The second-order valence-corrected chi connectivity index (χ2v) is 5.07. The van der Waals surface area contributed by atoms with Gasteiger partial charge in [-0.2, -0.15) is 0 Å². The van der Waals surface area contributed by atoms with Gasteiger partial charge in [-0.05, 0) is 28.1 Å². The van der Waals surface area contributed by atoms with Crippen LogP contribution in [0.4, 0.5) is 0 Å². The highest BCUT2D eigenvalue weighted by Gasteiger charge is 2.13. The van der Waals surface area contributed by atoms with Crippen LogP contribution in [0.2, 0.25) is 10.2 Å². The Labute approximate surface area is 123 Å². The van der Waals surface area contributed by atoms with Crippen molar-refractivity contribution < 1.29 is 4.74 Å². The lowest BCUT2D eigenvalue weighted by molar-refractivity contribution is 0.181. The van der Waals surface area contributed by atoms with Crippen molar-refractivity contribution in [3.8, 4) is 11.4 Å². The van der Waals surface area contributed by atoms with Crippen molar-refractivity contribution in [3.63, 3.8) is 0 Å². The molecule has 0 unspecified atom stereocenters. The Morgan fingerprint density at radius 1 is 1.22 bits per heavy atom. The first-order valence-corrected chi connectivity index (χ1v) is 6.64. The van der Waals surface area contributed by atoms with E-state index in [0.29, 0.717) is 32.8 Å². The number of aromatic nitrogens is 2. The molecule has 0 amide bonds. The minimum Gasteiger partial charge on any atom is -0.378 e. The molecule has 1 aromatic heterocycles. The predicted molar refractivity (Wildman–Crippen MR) is 75.9 cm³/mol. The maximum atomic E-state index is 6.11. The molecule has 0 atom stereocenters. The lowest BCUT2D eigenvalue weighted by atomic mass is 10.2. The zero-order chi connectivity index (χ0) is 13.1. The summed E-state index contributed by atoms with van der Waals surface area (Å²) in [7, 11) is 1.59. The third-order valence-electron chi connectivity index (χ3n) is 2.28. The summed E-state index contributed by atoms with van der Waals surface area (Å²) < 4.78 is 5.71. The van der Waals surface area contributed by atoms with Crippen LogP contribution in [0, 0.1) is 0 Å². The molecule has 0 saturated heterocycles. The van der Waals surface area contributed by atoms with Gasteiger partial charge in [-0.15, -0.1) is 0 Å². The van der Waals surface area contributed by atoms with Crippen LogP contribution < -0.4 is 0 Å². The predicted octanol–water partition coefficient (Wildman–Crippen LogP) is 4.36. The van der Waals surface area contributed by atoms with Gasteiger partial charge >= 0.3 is 0 Å². The van der Waals surface area contributed by atoms with Crippen LogP contribution in [0.3, 0.4) is 0 Å². The molecule has 0 saturated carbocycles. The smallest absolute Gasteiger partial charge is 0.162 e. The summed E-state index contributed by atoms with van der Waals surface area (Å²) in [5.41, 5.74) is 1.43. The lowest BCUT2D eigenvalue weighted by Crippen LogP contribution is -2.00. The molecule has 0 aliphatic carbocycles. The van der Waals surface area contributed by atoms with Crippen LogP contribution in [-0.4, -0.2) is 17.1 Å². The van der Waals surface area contributed by atoms with E-state index in [-0.39, 0.29) is 0 Å². The summed E-state index contributed by atoms with van der Waals surface area (Å²) in [5.74, 6) is 0.487. The minimum atomic E-state index is 0.340. The summed E-state index contributed by atoms with van der Waals surface area (Å²) in [6.07, 6.45) is 0. The summed E-state index contributed by atoms with van der Waals surface area (Å²) in [5, 5.41) is 0.922. The number of rotatable bonds is 3. The van der Waals surface area contributed by atoms with Crippen molar-refractivity contribution in [2.24, 2.45) is 0 Å². The normalized spacial score (nSPS) is 10.7. The van der Waals surface area contributed by atoms with Gasteiger partial charge in [0.05, 0.1) is 21.8 Å². The first-order valence-electron chi connectivity index (χ1n) is 5.09. The van der Waals surface area contributed by atoms with Crippen molar-refractivity contribution in [2.75, 3.05) is 7.11 Å². The summed E-state index contributed by atoms with van der Waals surface area (Å²) in [4.78, 5) is 8.62. The van der Waals surface area contributed by atoms with Crippen LogP contribution in [0.5, 0.6) is 0 Å². The number of hydrogen-bond acceptors (Lipinski definition) is 3. The number of nitrogens with zero attached hydrogens (tertiary/aromatic N) is 2. The molecule has 6 heteroatoms. The van der Waals surface area contributed by atoms with E-state index in [1.54, 1.807) is 13.2 Å². The molecule has 0 spiro atoms. The highest BCUT2D eigenvalue weighted by molar-refractivity contribution is 9.10. The van der Waals surface area contributed by atoms with Crippen molar-refractivity contribution >= 4 is 39.1 Å². The molecule has 0 N–H and O–H groups in total. The van der Waals surface area contributed by atoms with Gasteiger partial charge in [-0.25, -0.2) is 9.97 Å². The Morgan fingerprint density at radius 3 is 2.61 bits per heavy atom. The van der Waals surface area contributed by atoms with Gasteiger partial charge in [0.15, 0.2) is 5.82 Å². The standard InChI is InChI=1S/C12H9BrCl2N2O/c1-18-6-9-10(13)11(15)17-12(16-9)7-4-2-3-5-8(7)14/h2-5H,6H2,1H3. The molecule has 1 aromatic carbocycles. The number of ether oxygens (including phenoxy) is 1. The van der Waals surface area contributed by atoms with Crippen molar-refractivity contribution in [2.45, 2.75) is 6.61 Å².